The molecule has 21 heavy (non-hydrogen) atoms. The monoisotopic (exact) mass is 277 g/mol. The highest BCUT2D eigenvalue weighted by Crippen LogP contribution is 2.17. The van der Waals surface area contributed by atoms with Gasteiger partial charge in [-0.15, -0.1) is 0 Å². The van der Waals surface area contributed by atoms with E-state index in [1.165, 1.54) is 21.6 Å². The topological polar surface area (TPSA) is 12.9 Å². The summed E-state index contributed by atoms with van der Waals surface area (Å²) in [5.74, 6) is 1.32. The van der Waals surface area contributed by atoms with E-state index in [1.54, 1.807) is 0 Å². The Kier molecular flexibility index (Phi) is 3.92. The smallest absolute Gasteiger partial charge is 0.0708 e. The van der Waals surface area contributed by atoms with Crippen LogP contribution in [0.4, 0.5) is 0 Å². The van der Waals surface area contributed by atoms with E-state index in [9.17, 15) is 0 Å². The maximum atomic E-state index is 4.64. The summed E-state index contributed by atoms with van der Waals surface area (Å²) in [5, 5.41) is 2.60. The molecule has 1 aliphatic carbocycles. The zero-order valence-electron chi connectivity index (χ0n) is 13.1. The van der Waals surface area contributed by atoms with Gasteiger partial charge >= 0.3 is 0 Å². The molecule has 0 spiro atoms. The predicted molar refractivity (Wildman–Crippen MR) is 90.2 cm³/mol. The molecule has 1 unspecified atom stereocenters. The Hall–Kier alpha value is -1.89. The van der Waals surface area contributed by atoms with Crippen molar-refractivity contribution in [3.8, 4) is 11.3 Å². The van der Waals surface area contributed by atoms with Crippen LogP contribution in [0, 0.1) is 11.8 Å². The fourth-order valence-electron chi connectivity index (χ4n) is 2.93. The highest BCUT2D eigenvalue weighted by Gasteiger charge is 2.05. The second-order valence-electron chi connectivity index (χ2n) is 6.58. The molecule has 0 fully saturated rings. The van der Waals surface area contributed by atoms with Crippen molar-refractivity contribution >= 4 is 12.2 Å². The maximum Gasteiger partial charge on any atom is 0.0708 e. The van der Waals surface area contributed by atoms with Crippen molar-refractivity contribution in [2.24, 2.45) is 11.8 Å². The first-order valence-corrected chi connectivity index (χ1v) is 7.89. The van der Waals surface area contributed by atoms with E-state index in [-0.39, 0.29) is 0 Å². The zero-order valence-corrected chi connectivity index (χ0v) is 13.1. The number of pyridine rings is 1. The average Bonchev–Trinajstić information content (AvgIpc) is 2.47. The number of rotatable bonds is 3. The highest BCUT2D eigenvalue weighted by molar-refractivity contribution is 5.60. The van der Waals surface area contributed by atoms with E-state index in [4.69, 9.17) is 0 Å². The molecule has 0 bridgehead atoms. The molecular formula is C20H23N. The maximum absolute atomic E-state index is 4.64. The number of hydrogen-bond donors (Lipinski definition) is 0. The van der Waals surface area contributed by atoms with Crippen LogP contribution in [0.1, 0.15) is 32.8 Å². The third-order valence-corrected chi connectivity index (χ3v) is 4.04. The van der Waals surface area contributed by atoms with Crippen LogP contribution >= 0.6 is 0 Å². The molecule has 1 nitrogen and oxygen atoms in total. The van der Waals surface area contributed by atoms with Crippen molar-refractivity contribution in [3.63, 3.8) is 0 Å². The quantitative estimate of drug-likeness (QED) is 0.836. The Bertz CT molecular complexity index is 738. The Balaban J connectivity index is 1.93. The molecule has 3 rings (SSSR count). The minimum atomic E-state index is 0.625. The molecular weight excluding hydrogens is 254 g/mol. The lowest BCUT2D eigenvalue weighted by molar-refractivity contribution is 0.647. The van der Waals surface area contributed by atoms with E-state index in [2.05, 4.69) is 68.2 Å². The van der Waals surface area contributed by atoms with Crippen molar-refractivity contribution < 1.29 is 0 Å². The molecule has 1 atom stereocenters. The van der Waals surface area contributed by atoms with E-state index in [0.717, 1.165) is 18.5 Å². The Morgan fingerprint density at radius 3 is 2.62 bits per heavy atom. The molecule has 0 saturated carbocycles. The number of hydrogen-bond acceptors (Lipinski definition) is 1. The van der Waals surface area contributed by atoms with Gasteiger partial charge in [-0.25, -0.2) is 0 Å². The first-order valence-electron chi connectivity index (χ1n) is 7.89. The van der Waals surface area contributed by atoms with E-state index in [0.29, 0.717) is 11.8 Å². The number of nitrogens with zero attached hydrogens (tertiary/aromatic N) is 1. The number of benzene rings is 1. The van der Waals surface area contributed by atoms with Crippen molar-refractivity contribution in [2.75, 3.05) is 0 Å². The van der Waals surface area contributed by atoms with Crippen molar-refractivity contribution in [2.45, 2.75) is 33.6 Å². The van der Waals surface area contributed by atoms with Crippen LogP contribution in [0.3, 0.4) is 0 Å². The molecule has 0 saturated heterocycles. The standard InChI is InChI=1S/C20H23N/c1-14(2)10-16-5-8-17(9-6-16)20-12-18-7-4-15(3)11-19(18)13-21-20/h5-9,11-15H,4,10H2,1-3H3. The van der Waals surface area contributed by atoms with Gasteiger partial charge in [0.15, 0.2) is 0 Å². The summed E-state index contributed by atoms with van der Waals surface area (Å²) in [7, 11) is 0. The minimum Gasteiger partial charge on any atom is -0.256 e. The van der Waals surface area contributed by atoms with Crippen LogP contribution in [0.5, 0.6) is 0 Å². The summed E-state index contributed by atoms with van der Waals surface area (Å²) in [5.41, 5.74) is 3.68. The fourth-order valence-corrected chi connectivity index (χ4v) is 2.93. The van der Waals surface area contributed by atoms with Crippen LogP contribution in [0.25, 0.3) is 23.4 Å². The van der Waals surface area contributed by atoms with Gasteiger partial charge in [0.05, 0.1) is 5.69 Å². The molecule has 0 radical (unpaired) electrons. The fraction of sp³-hybridized carbons (Fsp3) is 0.350. The summed E-state index contributed by atoms with van der Waals surface area (Å²) in [4.78, 5) is 4.64. The van der Waals surface area contributed by atoms with Gasteiger partial charge in [0.25, 0.3) is 0 Å². The van der Waals surface area contributed by atoms with E-state index in [1.807, 2.05) is 6.20 Å². The van der Waals surface area contributed by atoms with Gasteiger partial charge in [-0.2, -0.15) is 0 Å². The molecule has 108 valence electrons. The molecule has 1 aromatic heterocycles. The molecule has 0 aliphatic heterocycles. The van der Waals surface area contributed by atoms with Gasteiger partial charge in [-0.3, -0.25) is 4.98 Å². The van der Waals surface area contributed by atoms with Crippen LogP contribution in [0.15, 0.2) is 36.5 Å². The molecule has 1 heteroatoms. The summed E-state index contributed by atoms with van der Waals surface area (Å²) in [6, 6.07) is 11.1. The first kappa shape index (κ1) is 14.1. The second kappa shape index (κ2) is 5.85. The molecule has 0 N–H and O–H groups in total. The summed E-state index contributed by atoms with van der Waals surface area (Å²) in [6.45, 7) is 6.76. The SMILES string of the molecule is CC(C)Cc1ccc(-c2cc3c(cn2)=CC(C)CC=3)cc1. The lowest BCUT2D eigenvalue weighted by Crippen LogP contribution is -2.29. The number of aromatic nitrogens is 1. The van der Waals surface area contributed by atoms with Gasteiger partial charge in [0.2, 0.25) is 0 Å². The molecule has 1 aliphatic rings. The minimum absolute atomic E-state index is 0.625. The highest BCUT2D eigenvalue weighted by atomic mass is 14.7. The average molecular weight is 277 g/mol. The lowest BCUT2D eigenvalue weighted by atomic mass is 9.98. The Morgan fingerprint density at radius 2 is 1.90 bits per heavy atom. The van der Waals surface area contributed by atoms with E-state index < -0.39 is 0 Å². The normalized spacial score (nSPS) is 17.0. The summed E-state index contributed by atoms with van der Waals surface area (Å²) < 4.78 is 0. The summed E-state index contributed by atoms with van der Waals surface area (Å²) in [6.07, 6.45) is 8.93. The van der Waals surface area contributed by atoms with Gasteiger partial charge in [-0.05, 0) is 46.7 Å². The van der Waals surface area contributed by atoms with Crippen LogP contribution < -0.4 is 10.4 Å². The summed E-state index contributed by atoms with van der Waals surface area (Å²) >= 11 is 0. The van der Waals surface area contributed by atoms with Crippen LogP contribution in [0.2, 0.25) is 0 Å². The Morgan fingerprint density at radius 1 is 1.14 bits per heavy atom. The van der Waals surface area contributed by atoms with Gasteiger partial charge in [0, 0.05) is 11.8 Å². The second-order valence-corrected chi connectivity index (χ2v) is 6.58. The lowest BCUT2D eigenvalue weighted by Gasteiger charge is -2.09. The zero-order chi connectivity index (χ0) is 14.8. The predicted octanol–water partition coefficient (Wildman–Crippen LogP) is 3.55. The molecule has 0 amide bonds. The van der Waals surface area contributed by atoms with E-state index >= 15 is 0 Å². The largest absolute Gasteiger partial charge is 0.256 e. The van der Waals surface area contributed by atoms with Crippen molar-refractivity contribution in [1.82, 2.24) is 4.98 Å². The van der Waals surface area contributed by atoms with Crippen molar-refractivity contribution in [1.29, 1.82) is 0 Å². The molecule has 2 aromatic rings. The van der Waals surface area contributed by atoms with Gasteiger partial charge < -0.3 is 0 Å². The first-order chi connectivity index (χ1) is 10.1. The van der Waals surface area contributed by atoms with Crippen LogP contribution in [-0.2, 0) is 6.42 Å². The Labute approximate surface area is 127 Å². The molecule has 1 aromatic carbocycles. The van der Waals surface area contributed by atoms with Crippen molar-refractivity contribution in [3.05, 3.63) is 52.5 Å². The molecule has 1 heterocycles. The number of fused-ring (bicyclic) bond motifs is 1. The van der Waals surface area contributed by atoms with Crippen LogP contribution in [-0.4, -0.2) is 4.98 Å². The third-order valence-electron chi connectivity index (χ3n) is 4.04. The van der Waals surface area contributed by atoms with Gasteiger partial charge in [-0.1, -0.05) is 57.2 Å². The third kappa shape index (κ3) is 3.24. The van der Waals surface area contributed by atoms with Gasteiger partial charge in [0.1, 0.15) is 0 Å².